The van der Waals surface area contributed by atoms with Gasteiger partial charge in [-0.05, 0) is 53.6 Å². The third kappa shape index (κ3) is 4.50. The van der Waals surface area contributed by atoms with Crippen molar-refractivity contribution >= 4 is 37.9 Å². The van der Waals surface area contributed by atoms with Gasteiger partial charge in [0.25, 0.3) is 5.69 Å². The molecular weight excluding hydrogens is 396 g/mol. The highest BCUT2D eigenvalue weighted by molar-refractivity contribution is 7.89. The van der Waals surface area contributed by atoms with E-state index in [9.17, 15) is 18.5 Å². The Morgan fingerprint density at radius 1 is 1.10 bits per heavy atom. The zero-order valence-electron chi connectivity index (χ0n) is 15.6. The smallest absolute Gasteiger partial charge is 0.295 e. The molecule has 0 fully saturated rings. The molecule has 3 aromatic carbocycles. The molecule has 150 valence electrons. The number of nitro benzene ring substituents is 1. The fraction of sp³-hybridized carbons (Fsp3) is 0.105. The van der Waals surface area contributed by atoms with Gasteiger partial charge >= 0.3 is 0 Å². The lowest BCUT2D eigenvalue weighted by Crippen LogP contribution is -2.12. The third-order valence-electron chi connectivity index (χ3n) is 4.30. The van der Waals surface area contributed by atoms with Crippen molar-refractivity contribution in [3.63, 3.8) is 0 Å². The second-order valence-corrected chi connectivity index (χ2v) is 7.78. The van der Waals surface area contributed by atoms with E-state index in [-0.39, 0.29) is 10.6 Å². The van der Waals surface area contributed by atoms with Gasteiger partial charge in [-0.3, -0.25) is 15.5 Å². The Morgan fingerprint density at radius 2 is 1.79 bits per heavy atom. The van der Waals surface area contributed by atoms with Crippen LogP contribution in [0.1, 0.15) is 12.5 Å². The van der Waals surface area contributed by atoms with Crippen LogP contribution in [0, 0.1) is 10.1 Å². The minimum atomic E-state index is -4.05. The summed E-state index contributed by atoms with van der Waals surface area (Å²) in [5.41, 5.74) is 3.64. The number of sulfonamides is 1. The zero-order chi connectivity index (χ0) is 21.2. The zero-order valence-corrected chi connectivity index (χ0v) is 16.4. The maximum atomic E-state index is 11.4. The first-order chi connectivity index (χ1) is 13.7. The summed E-state index contributed by atoms with van der Waals surface area (Å²) in [5.74, 6) is 0.757. The Bertz CT molecular complexity index is 1240. The van der Waals surface area contributed by atoms with Crippen LogP contribution in [0.5, 0.6) is 5.75 Å². The Balaban J connectivity index is 1.91. The largest absolute Gasteiger partial charge is 0.497 e. The molecule has 0 heterocycles. The van der Waals surface area contributed by atoms with E-state index in [1.165, 1.54) is 12.1 Å². The first kappa shape index (κ1) is 20.2. The van der Waals surface area contributed by atoms with E-state index in [4.69, 9.17) is 9.88 Å². The number of hydrogen-bond acceptors (Lipinski definition) is 7. The number of nitro groups is 1. The van der Waals surface area contributed by atoms with Crippen LogP contribution >= 0.6 is 0 Å². The third-order valence-corrected chi connectivity index (χ3v) is 5.21. The normalized spacial score (nSPS) is 12.0. The molecule has 0 saturated carbocycles. The highest BCUT2D eigenvalue weighted by Gasteiger charge is 2.19. The molecule has 9 nitrogen and oxygen atoms in total. The molecule has 0 radical (unpaired) electrons. The van der Waals surface area contributed by atoms with Gasteiger partial charge in [0.05, 0.1) is 22.6 Å². The fourth-order valence-corrected chi connectivity index (χ4v) is 3.25. The van der Waals surface area contributed by atoms with Crippen LogP contribution in [0.15, 0.2) is 64.6 Å². The monoisotopic (exact) mass is 414 g/mol. The number of rotatable bonds is 6. The van der Waals surface area contributed by atoms with Crippen molar-refractivity contribution in [3.05, 3.63) is 70.3 Å². The van der Waals surface area contributed by atoms with Crippen molar-refractivity contribution in [2.45, 2.75) is 11.8 Å². The summed E-state index contributed by atoms with van der Waals surface area (Å²) in [5, 5.41) is 22.5. The van der Waals surface area contributed by atoms with Crippen molar-refractivity contribution in [1.29, 1.82) is 0 Å². The number of nitrogens with zero attached hydrogens (tertiary/aromatic N) is 2. The van der Waals surface area contributed by atoms with Gasteiger partial charge in [0.1, 0.15) is 11.4 Å². The van der Waals surface area contributed by atoms with Crippen molar-refractivity contribution in [1.82, 2.24) is 0 Å². The van der Waals surface area contributed by atoms with Crippen molar-refractivity contribution < 1.29 is 18.1 Å². The Morgan fingerprint density at radius 3 is 2.45 bits per heavy atom. The number of ether oxygens (including phenoxy) is 1. The van der Waals surface area contributed by atoms with Crippen LogP contribution in [-0.2, 0) is 10.0 Å². The summed E-state index contributed by atoms with van der Waals surface area (Å²) in [6, 6.07) is 14.8. The topological polar surface area (TPSA) is 137 Å². The van der Waals surface area contributed by atoms with Gasteiger partial charge in [-0.2, -0.15) is 5.10 Å². The molecule has 0 aromatic heterocycles. The number of methoxy groups -OCH3 is 1. The molecule has 0 spiro atoms. The predicted octanol–water partition coefficient (Wildman–Crippen LogP) is 3.24. The molecule has 3 N–H and O–H groups in total. The molecular formula is C19H18N4O5S. The van der Waals surface area contributed by atoms with Crippen LogP contribution < -0.4 is 15.3 Å². The molecule has 0 aliphatic rings. The van der Waals surface area contributed by atoms with Gasteiger partial charge in [-0.1, -0.05) is 18.2 Å². The second kappa shape index (κ2) is 7.86. The van der Waals surface area contributed by atoms with Gasteiger partial charge in [0.2, 0.25) is 10.0 Å². The van der Waals surface area contributed by atoms with Gasteiger partial charge in [0, 0.05) is 6.07 Å². The summed E-state index contributed by atoms with van der Waals surface area (Å²) in [6.45, 7) is 1.75. The number of fused-ring (bicyclic) bond motifs is 1. The lowest BCUT2D eigenvalue weighted by Gasteiger charge is -2.07. The molecule has 0 saturated heterocycles. The molecule has 3 aromatic rings. The molecule has 0 unspecified atom stereocenters. The quantitative estimate of drug-likeness (QED) is 0.361. The predicted molar refractivity (Wildman–Crippen MR) is 111 cm³/mol. The van der Waals surface area contributed by atoms with Gasteiger partial charge < -0.3 is 4.74 Å². The van der Waals surface area contributed by atoms with Crippen LogP contribution in [0.4, 0.5) is 11.4 Å². The highest BCUT2D eigenvalue weighted by Crippen LogP contribution is 2.27. The van der Waals surface area contributed by atoms with Crippen LogP contribution in [0.25, 0.3) is 10.8 Å². The van der Waals surface area contributed by atoms with Crippen LogP contribution in [-0.4, -0.2) is 26.2 Å². The average Bonchev–Trinajstić information content (AvgIpc) is 2.70. The minimum absolute atomic E-state index is 0.0484. The Labute approximate surface area is 167 Å². The number of nitrogens with two attached hydrogens (primary N) is 1. The Hall–Kier alpha value is -3.50. The lowest BCUT2D eigenvalue weighted by atomic mass is 10.0. The molecule has 0 atom stereocenters. The van der Waals surface area contributed by atoms with E-state index < -0.39 is 20.6 Å². The van der Waals surface area contributed by atoms with Crippen molar-refractivity contribution in [2.75, 3.05) is 12.5 Å². The van der Waals surface area contributed by atoms with E-state index in [0.29, 0.717) is 5.71 Å². The minimum Gasteiger partial charge on any atom is -0.497 e. The summed E-state index contributed by atoms with van der Waals surface area (Å²) < 4.78 is 28.0. The summed E-state index contributed by atoms with van der Waals surface area (Å²) in [6.07, 6.45) is 0. The number of benzene rings is 3. The number of hydrogen-bond donors (Lipinski definition) is 2. The van der Waals surface area contributed by atoms with Crippen LogP contribution in [0.2, 0.25) is 0 Å². The number of hydrazone groups is 1. The van der Waals surface area contributed by atoms with Gasteiger partial charge in [0.15, 0.2) is 0 Å². The Kier molecular flexibility index (Phi) is 5.48. The van der Waals surface area contributed by atoms with E-state index in [1.54, 1.807) is 14.0 Å². The maximum Gasteiger partial charge on any atom is 0.295 e. The molecule has 3 rings (SSSR count). The van der Waals surface area contributed by atoms with E-state index in [1.807, 2.05) is 36.4 Å². The van der Waals surface area contributed by atoms with Gasteiger partial charge in [-0.25, -0.2) is 13.6 Å². The number of nitrogens with one attached hydrogen (secondary N) is 1. The number of anilines is 1. The molecule has 0 bridgehead atoms. The number of primary sulfonamides is 1. The first-order valence-electron chi connectivity index (χ1n) is 8.39. The molecule has 0 amide bonds. The fourth-order valence-electron chi connectivity index (χ4n) is 2.72. The standard InChI is InChI=1S/C19H18N4O5S/c1-12(13-3-4-15-10-16(28-2)6-5-14(15)9-13)21-22-18-8-7-17(29(20,26)27)11-19(18)23(24)25/h3-11,22H,1-2H3,(H2,20,26,27)/b21-12+. The van der Waals surface area contributed by atoms with E-state index in [0.717, 1.165) is 28.2 Å². The van der Waals surface area contributed by atoms with E-state index in [2.05, 4.69) is 10.5 Å². The molecule has 10 heteroatoms. The molecule has 29 heavy (non-hydrogen) atoms. The van der Waals surface area contributed by atoms with Gasteiger partial charge in [-0.15, -0.1) is 0 Å². The highest BCUT2D eigenvalue weighted by atomic mass is 32.2. The second-order valence-electron chi connectivity index (χ2n) is 6.22. The first-order valence-corrected chi connectivity index (χ1v) is 9.93. The SMILES string of the molecule is COc1ccc2cc(/C(C)=N/Nc3ccc(S(N)(=O)=O)cc3[N+](=O)[O-])ccc2c1. The summed E-state index contributed by atoms with van der Waals surface area (Å²) in [4.78, 5) is 10.2. The molecule has 0 aliphatic carbocycles. The molecule has 0 aliphatic heterocycles. The maximum absolute atomic E-state index is 11.4. The van der Waals surface area contributed by atoms with Crippen LogP contribution in [0.3, 0.4) is 0 Å². The van der Waals surface area contributed by atoms with Crippen molar-refractivity contribution in [3.8, 4) is 5.75 Å². The van der Waals surface area contributed by atoms with Crippen molar-refractivity contribution in [2.24, 2.45) is 10.2 Å². The summed E-state index contributed by atoms with van der Waals surface area (Å²) >= 11 is 0. The van der Waals surface area contributed by atoms with E-state index >= 15 is 0 Å². The average molecular weight is 414 g/mol. The summed E-state index contributed by atoms with van der Waals surface area (Å²) in [7, 11) is -2.45. The lowest BCUT2D eigenvalue weighted by molar-refractivity contribution is -0.384.